The van der Waals surface area contributed by atoms with Gasteiger partial charge < -0.3 is 21.0 Å². The molecule has 1 aliphatic heterocycles. The van der Waals surface area contributed by atoms with Crippen molar-refractivity contribution in [3.05, 3.63) is 59.2 Å². The lowest BCUT2D eigenvalue weighted by Crippen LogP contribution is -2.31. The van der Waals surface area contributed by atoms with Crippen LogP contribution in [0.2, 0.25) is 0 Å². The number of nitrogens with two attached hydrogens (primary N) is 1. The zero-order valence-electron chi connectivity index (χ0n) is 19.9. The molecule has 0 bridgehead atoms. The van der Waals surface area contributed by atoms with E-state index in [4.69, 9.17) is 15.6 Å². The summed E-state index contributed by atoms with van der Waals surface area (Å²) in [7, 11) is 0. The highest BCUT2D eigenvalue weighted by Gasteiger charge is 2.32. The van der Waals surface area contributed by atoms with E-state index in [9.17, 15) is 23.5 Å². The normalized spacial score (nSPS) is 16.5. The fourth-order valence-electron chi connectivity index (χ4n) is 4.19. The quantitative estimate of drug-likeness (QED) is 0.250. The summed E-state index contributed by atoms with van der Waals surface area (Å²) >= 11 is 0. The lowest BCUT2D eigenvalue weighted by molar-refractivity contribution is -0.137. The van der Waals surface area contributed by atoms with E-state index in [0.717, 1.165) is 32.0 Å². The van der Waals surface area contributed by atoms with Crippen LogP contribution in [-0.4, -0.2) is 56.9 Å². The number of aliphatic hydroxyl groups excluding tert-OH is 1. The summed E-state index contributed by atoms with van der Waals surface area (Å²) in [6.45, 7) is 2.85. The van der Waals surface area contributed by atoms with Crippen molar-refractivity contribution in [2.75, 3.05) is 19.7 Å². The number of hydrogen-bond donors (Lipinski definition) is 3. The molecule has 4 rings (SSSR count). The highest BCUT2D eigenvalue weighted by Crippen LogP contribution is 2.33. The molecule has 1 atom stereocenters. The molecule has 13 heteroatoms. The average molecular weight is 515 g/mol. The Kier molecular flexibility index (Phi) is 7.70. The van der Waals surface area contributed by atoms with E-state index in [0.29, 0.717) is 23.2 Å². The Hall–Kier alpha value is -4.02. The van der Waals surface area contributed by atoms with Gasteiger partial charge in [-0.2, -0.15) is 28.6 Å². The molecule has 0 aliphatic carbocycles. The molecule has 0 spiro atoms. The van der Waals surface area contributed by atoms with Gasteiger partial charge in [0, 0.05) is 29.7 Å². The van der Waals surface area contributed by atoms with E-state index in [1.165, 1.54) is 16.9 Å². The molecule has 0 radical (unpaired) electrons. The molecule has 0 amide bonds. The third-order valence-corrected chi connectivity index (χ3v) is 6.02. The van der Waals surface area contributed by atoms with Crippen LogP contribution < -0.4 is 15.9 Å². The van der Waals surface area contributed by atoms with Crippen LogP contribution in [0.5, 0.6) is 5.75 Å². The SMILES string of the molecule is CC(=NC1CCNCC1)/C(=N\N)c1cc(OC(CO)c2cncc(C(F)(F)F)c2)c2c(C#N)cnn2c1. The molecule has 4 N–H and O–H groups in total. The van der Waals surface area contributed by atoms with Gasteiger partial charge in [0.15, 0.2) is 0 Å². The summed E-state index contributed by atoms with van der Waals surface area (Å²) in [5.41, 5.74) is 0.895. The maximum atomic E-state index is 13.2. The minimum atomic E-state index is -4.62. The van der Waals surface area contributed by atoms with Gasteiger partial charge in [0.1, 0.15) is 34.7 Å². The Morgan fingerprint density at radius 1 is 1.32 bits per heavy atom. The largest absolute Gasteiger partial charge is 0.481 e. The maximum Gasteiger partial charge on any atom is 0.417 e. The molecular formula is C24H25F3N8O2. The third-order valence-electron chi connectivity index (χ3n) is 6.02. The molecule has 1 saturated heterocycles. The number of aromatic nitrogens is 3. The smallest absolute Gasteiger partial charge is 0.417 e. The fourth-order valence-corrected chi connectivity index (χ4v) is 4.19. The van der Waals surface area contributed by atoms with Crippen molar-refractivity contribution >= 4 is 16.9 Å². The standard InChI is InChI=1S/C24H25F3N8O2/c1-14(33-19-2-4-30-5-3-19)22(34-29)16-7-20(23-17(8-28)10-32-35(23)12-16)37-21(13-36)15-6-18(11-31-9-15)24(25,26)27/h6-7,9-12,19,21,30,36H,2-5,13,29H2,1H3/b33-14?,34-22+. The van der Waals surface area contributed by atoms with Crippen LogP contribution in [0.15, 0.2) is 47.0 Å². The Labute approximate surface area is 210 Å². The van der Waals surface area contributed by atoms with Crippen LogP contribution in [-0.2, 0) is 6.18 Å². The van der Waals surface area contributed by atoms with E-state index in [-0.39, 0.29) is 28.4 Å². The summed E-state index contributed by atoms with van der Waals surface area (Å²) in [5, 5.41) is 31.0. The van der Waals surface area contributed by atoms with Crippen molar-refractivity contribution < 1.29 is 23.0 Å². The minimum absolute atomic E-state index is 0.00951. The first-order chi connectivity index (χ1) is 17.7. The van der Waals surface area contributed by atoms with E-state index in [1.807, 2.05) is 6.07 Å². The van der Waals surface area contributed by atoms with Crippen LogP contribution in [0.25, 0.3) is 5.52 Å². The second kappa shape index (κ2) is 10.9. The Morgan fingerprint density at radius 2 is 2.08 bits per heavy atom. The van der Waals surface area contributed by atoms with Crippen molar-refractivity contribution in [1.82, 2.24) is 19.9 Å². The highest BCUT2D eigenvalue weighted by atomic mass is 19.4. The summed E-state index contributed by atoms with van der Waals surface area (Å²) in [6.07, 6.45) is 0.729. The number of hydrogen-bond acceptors (Lipinski definition) is 9. The molecule has 194 valence electrons. The summed E-state index contributed by atoms with van der Waals surface area (Å²) in [5.74, 6) is 5.83. The fraction of sp³-hybridized carbons (Fsp3) is 0.375. The Balaban J connectivity index is 1.76. The summed E-state index contributed by atoms with van der Waals surface area (Å²) in [6, 6.07) is 4.54. The number of halogens is 3. The Morgan fingerprint density at radius 3 is 2.73 bits per heavy atom. The second-order valence-electron chi connectivity index (χ2n) is 8.52. The predicted octanol–water partition coefficient (Wildman–Crippen LogP) is 2.61. The molecule has 1 unspecified atom stereocenters. The van der Waals surface area contributed by atoms with Crippen molar-refractivity contribution in [3.63, 3.8) is 0 Å². The van der Waals surface area contributed by atoms with Gasteiger partial charge in [-0.1, -0.05) is 0 Å². The van der Waals surface area contributed by atoms with Gasteiger partial charge in [-0.05, 0) is 45.0 Å². The van der Waals surface area contributed by atoms with Crippen LogP contribution in [0.3, 0.4) is 0 Å². The molecule has 3 aromatic heterocycles. The summed E-state index contributed by atoms with van der Waals surface area (Å²) < 4.78 is 47.0. The first-order valence-electron chi connectivity index (χ1n) is 11.5. The van der Waals surface area contributed by atoms with Crippen LogP contribution in [0.1, 0.15) is 48.1 Å². The lowest BCUT2D eigenvalue weighted by atomic mass is 10.0. The number of nitriles is 1. The van der Waals surface area contributed by atoms with Crippen molar-refractivity contribution in [2.24, 2.45) is 15.9 Å². The van der Waals surface area contributed by atoms with Crippen molar-refractivity contribution in [1.29, 1.82) is 5.26 Å². The number of hydrazone groups is 1. The van der Waals surface area contributed by atoms with Crippen molar-refractivity contribution in [3.8, 4) is 11.8 Å². The molecule has 4 heterocycles. The molecule has 37 heavy (non-hydrogen) atoms. The zero-order chi connectivity index (χ0) is 26.6. The van der Waals surface area contributed by atoms with Crippen LogP contribution in [0, 0.1) is 11.3 Å². The summed E-state index contributed by atoms with van der Waals surface area (Å²) in [4.78, 5) is 8.41. The van der Waals surface area contributed by atoms with E-state index < -0.39 is 24.5 Å². The molecule has 1 aliphatic rings. The number of aliphatic imine (C=N–C) groups is 1. The molecule has 1 fully saturated rings. The Bertz CT molecular complexity index is 1370. The van der Waals surface area contributed by atoms with Gasteiger partial charge in [0.25, 0.3) is 0 Å². The number of ether oxygens (including phenoxy) is 1. The number of nitrogens with one attached hydrogen (secondary N) is 1. The topological polar surface area (TPSA) is 146 Å². The van der Waals surface area contributed by atoms with Crippen molar-refractivity contribution in [2.45, 2.75) is 38.1 Å². The number of piperidine rings is 1. The molecule has 3 aromatic rings. The molecule has 0 saturated carbocycles. The maximum absolute atomic E-state index is 13.2. The van der Waals surface area contributed by atoms with E-state index in [1.54, 1.807) is 19.2 Å². The monoisotopic (exact) mass is 514 g/mol. The van der Waals surface area contributed by atoms with Gasteiger partial charge >= 0.3 is 6.18 Å². The number of rotatable bonds is 7. The number of alkyl halides is 3. The second-order valence-corrected chi connectivity index (χ2v) is 8.52. The molecule has 0 aromatic carbocycles. The molecule has 10 nitrogen and oxygen atoms in total. The van der Waals surface area contributed by atoms with E-state index >= 15 is 0 Å². The molecular weight excluding hydrogens is 489 g/mol. The van der Waals surface area contributed by atoms with Crippen LogP contribution in [0.4, 0.5) is 13.2 Å². The van der Waals surface area contributed by atoms with E-state index in [2.05, 4.69) is 20.5 Å². The lowest BCUT2D eigenvalue weighted by Gasteiger charge is -2.21. The minimum Gasteiger partial charge on any atom is -0.481 e. The van der Waals surface area contributed by atoms with Gasteiger partial charge in [0.2, 0.25) is 0 Å². The van der Waals surface area contributed by atoms with Gasteiger partial charge in [0.05, 0.1) is 30.1 Å². The first-order valence-corrected chi connectivity index (χ1v) is 11.5. The number of aliphatic hydroxyl groups is 1. The first kappa shape index (κ1) is 26.1. The number of fused-ring (bicyclic) bond motifs is 1. The third kappa shape index (κ3) is 5.71. The highest BCUT2D eigenvalue weighted by molar-refractivity contribution is 6.47. The van der Waals surface area contributed by atoms with Gasteiger partial charge in [-0.25, -0.2) is 4.52 Å². The van der Waals surface area contributed by atoms with Gasteiger partial charge in [-0.3, -0.25) is 9.98 Å². The predicted molar refractivity (Wildman–Crippen MR) is 129 cm³/mol. The zero-order valence-corrected chi connectivity index (χ0v) is 19.9. The number of nitrogens with zero attached hydrogens (tertiary/aromatic N) is 6. The number of pyridine rings is 2. The van der Waals surface area contributed by atoms with Crippen LogP contribution >= 0.6 is 0 Å². The van der Waals surface area contributed by atoms with Gasteiger partial charge in [-0.15, -0.1) is 0 Å². The average Bonchev–Trinajstić information content (AvgIpc) is 3.31.